The van der Waals surface area contributed by atoms with Gasteiger partial charge in [0.05, 0.1) is 24.3 Å². The van der Waals surface area contributed by atoms with Gasteiger partial charge < -0.3 is 24.7 Å². The highest BCUT2D eigenvalue weighted by Gasteiger charge is 2.46. The Morgan fingerprint density at radius 2 is 1.94 bits per heavy atom. The van der Waals surface area contributed by atoms with Crippen molar-refractivity contribution >= 4 is 33.4 Å². The quantitative estimate of drug-likeness (QED) is 0.352. The van der Waals surface area contributed by atoms with Crippen LogP contribution in [0.4, 0.5) is 0 Å². The minimum atomic E-state index is -0.775. The Bertz CT molecular complexity index is 1030. The maximum absolute atomic E-state index is 13.0. The number of hydrogen-bond acceptors (Lipinski definition) is 6. The molecule has 1 saturated heterocycles. The molecule has 164 valence electrons. The Labute approximate surface area is 189 Å². The molecule has 1 amide bonds. The molecule has 3 rings (SSSR count). The number of benzene rings is 2. The molecule has 1 atom stereocenters. The summed E-state index contributed by atoms with van der Waals surface area (Å²) >= 11 is 3.43. The van der Waals surface area contributed by atoms with Gasteiger partial charge in [0.1, 0.15) is 17.3 Å². The van der Waals surface area contributed by atoms with E-state index in [1.807, 2.05) is 37.2 Å². The maximum Gasteiger partial charge on any atom is 0.295 e. The van der Waals surface area contributed by atoms with Crippen molar-refractivity contribution < 1.29 is 24.5 Å². The molecule has 1 aliphatic heterocycles. The molecule has 0 unspecified atom stereocenters. The fourth-order valence-electron chi connectivity index (χ4n) is 3.67. The molecule has 31 heavy (non-hydrogen) atoms. The predicted molar refractivity (Wildman–Crippen MR) is 121 cm³/mol. The van der Waals surface area contributed by atoms with Crippen LogP contribution in [0.2, 0.25) is 0 Å². The van der Waals surface area contributed by atoms with E-state index in [9.17, 15) is 19.8 Å². The normalized spacial score (nSPS) is 18.1. The van der Waals surface area contributed by atoms with E-state index >= 15 is 0 Å². The summed E-state index contributed by atoms with van der Waals surface area (Å²) < 4.78 is 5.87. The van der Waals surface area contributed by atoms with Crippen LogP contribution in [-0.2, 0) is 9.59 Å². The van der Waals surface area contributed by atoms with Crippen molar-refractivity contribution in [3.8, 4) is 11.5 Å². The molecule has 1 fully saturated rings. The van der Waals surface area contributed by atoms with Crippen molar-refractivity contribution in [2.24, 2.45) is 0 Å². The molecule has 1 heterocycles. The van der Waals surface area contributed by atoms with E-state index in [0.717, 1.165) is 11.0 Å². The first-order valence-corrected chi connectivity index (χ1v) is 10.6. The van der Waals surface area contributed by atoms with Gasteiger partial charge in [0.25, 0.3) is 11.7 Å². The molecule has 8 heteroatoms. The Morgan fingerprint density at radius 1 is 1.19 bits per heavy atom. The van der Waals surface area contributed by atoms with Crippen molar-refractivity contribution in [1.82, 2.24) is 9.80 Å². The number of Topliss-reactive ketones (excluding diaryl/α,β-unsaturated/α-hetero) is 1. The average Bonchev–Trinajstić information content (AvgIpc) is 2.98. The van der Waals surface area contributed by atoms with Crippen LogP contribution in [0.15, 0.2) is 52.5 Å². The van der Waals surface area contributed by atoms with Gasteiger partial charge in [0.15, 0.2) is 0 Å². The number of hydrogen-bond donors (Lipinski definition) is 2. The van der Waals surface area contributed by atoms with Crippen LogP contribution in [0.25, 0.3) is 5.76 Å². The zero-order chi connectivity index (χ0) is 22.7. The molecule has 0 aromatic heterocycles. The maximum atomic E-state index is 13.0. The highest BCUT2D eigenvalue weighted by Crippen LogP contribution is 2.41. The Hall–Kier alpha value is -2.84. The Balaban J connectivity index is 2.12. The average molecular weight is 489 g/mol. The third kappa shape index (κ3) is 4.75. The number of phenols is 1. The fraction of sp³-hybridized carbons (Fsp3) is 0.304. The standard InChI is InChI=1S/C23H25BrN2O5/c1-25(2)10-5-11-26-20(14-6-4-7-15(24)12-14)19(22(29)23(26)30)21(28)17-9-8-16(31-3)13-18(17)27/h4,6-9,12-13,20,27-28H,5,10-11H2,1-3H3/t20-/m0/s1. The van der Waals surface area contributed by atoms with Gasteiger partial charge in [-0.25, -0.2) is 0 Å². The first-order chi connectivity index (χ1) is 14.7. The minimum absolute atomic E-state index is 0.0478. The van der Waals surface area contributed by atoms with E-state index in [4.69, 9.17) is 4.74 Å². The summed E-state index contributed by atoms with van der Waals surface area (Å²) in [6, 6.07) is 10.9. The summed E-state index contributed by atoms with van der Waals surface area (Å²) in [7, 11) is 5.33. The number of phenolic OH excluding ortho intramolecular Hbond substituents is 1. The first-order valence-electron chi connectivity index (χ1n) is 9.80. The zero-order valence-electron chi connectivity index (χ0n) is 17.6. The van der Waals surface area contributed by atoms with E-state index in [2.05, 4.69) is 15.9 Å². The number of aliphatic hydroxyl groups excluding tert-OH is 1. The van der Waals surface area contributed by atoms with Crippen LogP contribution in [0.1, 0.15) is 23.6 Å². The van der Waals surface area contributed by atoms with Crippen LogP contribution in [0, 0.1) is 0 Å². The molecular formula is C23H25BrN2O5. The van der Waals surface area contributed by atoms with Crippen molar-refractivity contribution in [2.75, 3.05) is 34.3 Å². The number of rotatable bonds is 7. The van der Waals surface area contributed by atoms with Crippen molar-refractivity contribution in [3.63, 3.8) is 0 Å². The summed E-state index contributed by atoms with van der Waals surface area (Å²) in [5.74, 6) is -1.70. The number of aliphatic hydroxyl groups is 1. The third-order valence-corrected chi connectivity index (χ3v) is 5.66. The molecule has 2 N–H and O–H groups in total. The molecule has 2 aromatic carbocycles. The van der Waals surface area contributed by atoms with Gasteiger partial charge in [-0.15, -0.1) is 0 Å². The predicted octanol–water partition coefficient (Wildman–Crippen LogP) is 3.54. The summed E-state index contributed by atoms with van der Waals surface area (Å²) in [4.78, 5) is 29.4. The van der Waals surface area contributed by atoms with E-state index in [-0.39, 0.29) is 16.9 Å². The molecule has 0 radical (unpaired) electrons. The van der Waals surface area contributed by atoms with E-state index in [1.54, 1.807) is 12.1 Å². The van der Waals surface area contributed by atoms with Crippen LogP contribution in [0.5, 0.6) is 11.5 Å². The second kappa shape index (κ2) is 9.53. The number of carbonyl (C=O) groups is 2. The van der Waals surface area contributed by atoms with Gasteiger partial charge in [-0.2, -0.15) is 0 Å². The molecule has 0 spiro atoms. The number of carbonyl (C=O) groups excluding carboxylic acids is 2. The number of nitrogens with zero attached hydrogens (tertiary/aromatic N) is 2. The molecule has 1 aliphatic rings. The number of ether oxygens (including phenoxy) is 1. The lowest BCUT2D eigenvalue weighted by molar-refractivity contribution is -0.139. The second-order valence-corrected chi connectivity index (χ2v) is 8.50. The fourth-order valence-corrected chi connectivity index (χ4v) is 4.09. The largest absolute Gasteiger partial charge is 0.507 e. The summed E-state index contributed by atoms with van der Waals surface area (Å²) in [6.45, 7) is 1.10. The zero-order valence-corrected chi connectivity index (χ0v) is 19.2. The molecule has 7 nitrogen and oxygen atoms in total. The van der Waals surface area contributed by atoms with Crippen LogP contribution < -0.4 is 4.74 Å². The summed E-state index contributed by atoms with van der Waals surface area (Å²) in [5, 5.41) is 21.4. The second-order valence-electron chi connectivity index (χ2n) is 7.59. The van der Waals surface area contributed by atoms with E-state index in [0.29, 0.717) is 24.3 Å². The van der Waals surface area contributed by atoms with Gasteiger partial charge in [-0.05, 0) is 56.9 Å². The number of methoxy groups -OCH3 is 1. The van der Waals surface area contributed by atoms with E-state index < -0.39 is 23.5 Å². The van der Waals surface area contributed by atoms with Crippen molar-refractivity contribution in [1.29, 1.82) is 0 Å². The number of halogens is 1. The summed E-state index contributed by atoms with van der Waals surface area (Å²) in [6.07, 6.45) is 0.665. The van der Waals surface area contributed by atoms with Crippen molar-refractivity contribution in [2.45, 2.75) is 12.5 Å². The van der Waals surface area contributed by atoms with Crippen molar-refractivity contribution in [3.05, 3.63) is 63.6 Å². The topological polar surface area (TPSA) is 90.3 Å². The number of aromatic hydroxyl groups is 1. The van der Waals surface area contributed by atoms with Gasteiger partial charge in [0.2, 0.25) is 0 Å². The third-order valence-electron chi connectivity index (χ3n) is 5.17. The van der Waals surface area contributed by atoms with Gasteiger partial charge in [0, 0.05) is 17.1 Å². The van der Waals surface area contributed by atoms with Crippen LogP contribution in [-0.4, -0.2) is 66.0 Å². The van der Waals surface area contributed by atoms with Gasteiger partial charge in [-0.1, -0.05) is 28.1 Å². The minimum Gasteiger partial charge on any atom is -0.507 e. The highest BCUT2D eigenvalue weighted by atomic mass is 79.9. The van der Waals surface area contributed by atoms with Gasteiger partial charge in [-0.3, -0.25) is 9.59 Å². The molecular weight excluding hydrogens is 464 g/mol. The number of ketones is 1. The Morgan fingerprint density at radius 3 is 2.55 bits per heavy atom. The smallest absolute Gasteiger partial charge is 0.295 e. The highest BCUT2D eigenvalue weighted by molar-refractivity contribution is 9.10. The number of amides is 1. The monoisotopic (exact) mass is 488 g/mol. The Kier molecular flexibility index (Phi) is 7.02. The van der Waals surface area contributed by atoms with E-state index in [1.165, 1.54) is 24.1 Å². The van der Waals surface area contributed by atoms with Crippen LogP contribution in [0.3, 0.4) is 0 Å². The lowest BCUT2D eigenvalue weighted by Gasteiger charge is -2.26. The summed E-state index contributed by atoms with van der Waals surface area (Å²) in [5.41, 5.74) is 0.702. The molecule has 2 aromatic rings. The van der Waals surface area contributed by atoms with Gasteiger partial charge >= 0.3 is 0 Å². The SMILES string of the molecule is COc1ccc(C(O)=C2C(=O)C(=O)N(CCCN(C)C)[C@H]2c2cccc(Br)c2)c(O)c1. The molecule has 0 saturated carbocycles. The molecule has 0 bridgehead atoms. The molecule has 0 aliphatic carbocycles. The van der Waals surface area contributed by atoms with Crippen LogP contribution >= 0.6 is 15.9 Å². The lowest BCUT2D eigenvalue weighted by atomic mass is 9.95. The number of likely N-dealkylation sites (tertiary alicyclic amines) is 1. The lowest BCUT2D eigenvalue weighted by Crippen LogP contribution is -2.32. The first kappa shape index (κ1) is 22.8.